The summed E-state index contributed by atoms with van der Waals surface area (Å²) < 4.78 is 5.34. The van der Waals surface area contributed by atoms with E-state index >= 15 is 0 Å². The van der Waals surface area contributed by atoms with E-state index < -0.39 is 0 Å². The molecule has 0 spiro atoms. The van der Waals surface area contributed by atoms with Gasteiger partial charge < -0.3 is 4.74 Å². The van der Waals surface area contributed by atoms with Gasteiger partial charge in [0.2, 0.25) is 0 Å². The molecule has 2 heteroatoms. The largest absolute Gasteiger partial charge is 0.423 e. The first kappa shape index (κ1) is 12.4. The Morgan fingerprint density at radius 2 is 1.56 bits per heavy atom. The Labute approximate surface area is 107 Å². The van der Waals surface area contributed by atoms with Crippen LogP contribution < -0.4 is 4.74 Å². The summed E-state index contributed by atoms with van der Waals surface area (Å²) in [6.45, 7) is 6.01. The number of carbonyl (C=O) groups excluding carboxylic acids is 1. The molecule has 0 radical (unpaired) electrons. The number of rotatable bonds is 2. The van der Waals surface area contributed by atoms with Crippen LogP contribution in [0.1, 0.15) is 27.0 Å². The fourth-order valence-corrected chi connectivity index (χ4v) is 1.63. The Balaban J connectivity index is 2.16. The number of hydrogen-bond donors (Lipinski definition) is 0. The standard InChI is InChI=1S/C16H16O2/c1-11-4-7-14(8-5-11)16(17)18-15-9-6-12(2)13(3)10-15/h4-10H,1-3H3. The summed E-state index contributed by atoms with van der Waals surface area (Å²) >= 11 is 0. The Hall–Kier alpha value is -2.09. The van der Waals surface area contributed by atoms with E-state index in [9.17, 15) is 4.79 Å². The van der Waals surface area contributed by atoms with Crippen LogP contribution in [0.15, 0.2) is 42.5 Å². The lowest BCUT2D eigenvalue weighted by Gasteiger charge is -2.06. The number of hydrogen-bond acceptors (Lipinski definition) is 2. The molecule has 0 heterocycles. The molecule has 0 N–H and O–H groups in total. The van der Waals surface area contributed by atoms with Gasteiger partial charge in [0.1, 0.15) is 5.75 Å². The molecule has 2 aromatic rings. The average molecular weight is 240 g/mol. The highest BCUT2D eigenvalue weighted by atomic mass is 16.5. The predicted octanol–water partition coefficient (Wildman–Crippen LogP) is 3.83. The topological polar surface area (TPSA) is 26.3 Å². The molecule has 0 saturated heterocycles. The molecule has 2 rings (SSSR count). The second-order valence-electron chi connectivity index (χ2n) is 4.50. The zero-order valence-electron chi connectivity index (χ0n) is 10.9. The maximum atomic E-state index is 11.9. The molecular weight excluding hydrogens is 224 g/mol. The van der Waals surface area contributed by atoms with E-state index in [2.05, 4.69) is 0 Å². The number of esters is 1. The Kier molecular flexibility index (Phi) is 3.47. The Morgan fingerprint density at radius 3 is 2.17 bits per heavy atom. The molecular formula is C16H16O2. The van der Waals surface area contributed by atoms with E-state index in [1.165, 1.54) is 5.56 Å². The van der Waals surface area contributed by atoms with Gasteiger partial charge in [0.15, 0.2) is 0 Å². The van der Waals surface area contributed by atoms with Crippen LogP contribution >= 0.6 is 0 Å². The molecule has 0 unspecified atom stereocenters. The van der Waals surface area contributed by atoms with Crippen LogP contribution in [0.25, 0.3) is 0 Å². The first-order chi connectivity index (χ1) is 8.56. The van der Waals surface area contributed by atoms with Gasteiger partial charge in [-0.1, -0.05) is 23.8 Å². The van der Waals surface area contributed by atoms with Crippen LogP contribution in [0.3, 0.4) is 0 Å². The van der Waals surface area contributed by atoms with Gasteiger partial charge >= 0.3 is 5.97 Å². The summed E-state index contributed by atoms with van der Waals surface area (Å²) in [6.07, 6.45) is 0. The van der Waals surface area contributed by atoms with Crippen molar-refractivity contribution in [3.63, 3.8) is 0 Å². The van der Waals surface area contributed by atoms with E-state index in [0.29, 0.717) is 11.3 Å². The highest BCUT2D eigenvalue weighted by Crippen LogP contribution is 2.18. The van der Waals surface area contributed by atoms with Gasteiger partial charge in [-0.2, -0.15) is 0 Å². The smallest absolute Gasteiger partial charge is 0.343 e. The number of ether oxygens (including phenoxy) is 1. The molecule has 0 fully saturated rings. The molecule has 0 atom stereocenters. The lowest BCUT2D eigenvalue weighted by Crippen LogP contribution is -2.08. The van der Waals surface area contributed by atoms with E-state index in [1.807, 2.05) is 51.1 Å². The van der Waals surface area contributed by atoms with Crippen LogP contribution in [0.2, 0.25) is 0 Å². The second kappa shape index (κ2) is 5.05. The molecule has 92 valence electrons. The third-order valence-corrected chi connectivity index (χ3v) is 2.98. The fraction of sp³-hybridized carbons (Fsp3) is 0.188. The second-order valence-corrected chi connectivity index (χ2v) is 4.50. The van der Waals surface area contributed by atoms with Crippen LogP contribution in [0.4, 0.5) is 0 Å². The van der Waals surface area contributed by atoms with Gasteiger partial charge in [-0.05, 0) is 56.2 Å². The quantitative estimate of drug-likeness (QED) is 0.589. The van der Waals surface area contributed by atoms with Crippen LogP contribution in [-0.4, -0.2) is 5.97 Å². The highest BCUT2D eigenvalue weighted by molar-refractivity contribution is 5.91. The molecule has 0 saturated carbocycles. The summed E-state index contributed by atoms with van der Waals surface area (Å²) in [4.78, 5) is 11.9. The van der Waals surface area contributed by atoms with Crippen LogP contribution in [0, 0.1) is 20.8 Å². The van der Waals surface area contributed by atoms with Crippen LogP contribution in [-0.2, 0) is 0 Å². The maximum Gasteiger partial charge on any atom is 0.343 e. The van der Waals surface area contributed by atoms with Gasteiger partial charge in [-0.3, -0.25) is 0 Å². The summed E-state index contributed by atoms with van der Waals surface area (Å²) in [5.41, 5.74) is 3.99. The molecule has 0 aliphatic carbocycles. The van der Waals surface area contributed by atoms with Crippen molar-refractivity contribution in [1.29, 1.82) is 0 Å². The third-order valence-electron chi connectivity index (χ3n) is 2.98. The van der Waals surface area contributed by atoms with E-state index in [0.717, 1.165) is 11.1 Å². The number of aryl methyl sites for hydroxylation is 3. The predicted molar refractivity (Wildman–Crippen MR) is 72.1 cm³/mol. The van der Waals surface area contributed by atoms with Crippen molar-refractivity contribution in [3.05, 3.63) is 64.7 Å². The molecule has 0 aliphatic rings. The maximum absolute atomic E-state index is 11.9. The molecule has 18 heavy (non-hydrogen) atoms. The lowest BCUT2D eigenvalue weighted by atomic mass is 10.1. The van der Waals surface area contributed by atoms with Crippen molar-refractivity contribution in [1.82, 2.24) is 0 Å². The van der Waals surface area contributed by atoms with Crippen molar-refractivity contribution in [2.24, 2.45) is 0 Å². The minimum atomic E-state index is -0.321. The first-order valence-electron chi connectivity index (χ1n) is 5.92. The molecule has 0 amide bonds. The van der Waals surface area contributed by atoms with Gasteiger partial charge in [-0.15, -0.1) is 0 Å². The van der Waals surface area contributed by atoms with Crippen molar-refractivity contribution >= 4 is 5.97 Å². The Bertz CT molecular complexity index is 568. The van der Waals surface area contributed by atoms with Crippen molar-refractivity contribution in [2.75, 3.05) is 0 Å². The van der Waals surface area contributed by atoms with Crippen LogP contribution in [0.5, 0.6) is 5.75 Å². The number of carbonyl (C=O) groups is 1. The summed E-state index contributed by atoms with van der Waals surface area (Å²) in [5, 5.41) is 0. The summed E-state index contributed by atoms with van der Waals surface area (Å²) in [6, 6.07) is 13.0. The van der Waals surface area contributed by atoms with E-state index in [-0.39, 0.29) is 5.97 Å². The summed E-state index contributed by atoms with van der Waals surface area (Å²) in [7, 11) is 0. The molecule has 0 aliphatic heterocycles. The zero-order valence-corrected chi connectivity index (χ0v) is 10.9. The van der Waals surface area contributed by atoms with E-state index in [1.54, 1.807) is 12.1 Å². The van der Waals surface area contributed by atoms with Gasteiger partial charge in [-0.25, -0.2) is 4.79 Å². The normalized spacial score (nSPS) is 10.2. The molecule has 2 aromatic carbocycles. The minimum absolute atomic E-state index is 0.321. The third kappa shape index (κ3) is 2.77. The van der Waals surface area contributed by atoms with Gasteiger partial charge in [0.05, 0.1) is 5.56 Å². The van der Waals surface area contributed by atoms with Crippen molar-refractivity contribution in [3.8, 4) is 5.75 Å². The number of benzene rings is 2. The fourth-order valence-electron chi connectivity index (χ4n) is 1.63. The van der Waals surface area contributed by atoms with Crippen molar-refractivity contribution in [2.45, 2.75) is 20.8 Å². The van der Waals surface area contributed by atoms with Crippen molar-refractivity contribution < 1.29 is 9.53 Å². The SMILES string of the molecule is Cc1ccc(C(=O)Oc2ccc(C)c(C)c2)cc1. The Morgan fingerprint density at radius 1 is 0.889 bits per heavy atom. The van der Waals surface area contributed by atoms with E-state index in [4.69, 9.17) is 4.74 Å². The molecule has 2 nitrogen and oxygen atoms in total. The molecule has 0 aromatic heterocycles. The lowest BCUT2D eigenvalue weighted by molar-refractivity contribution is 0.0734. The monoisotopic (exact) mass is 240 g/mol. The van der Waals surface area contributed by atoms with Gasteiger partial charge in [0.25, 0.3) is 0 Å². The first-order valence-corrected chi connectivity index (χ1v) is 5.92. The average Bonchev–Trinajstić information content (AvgIpc) is 2.34. The highest BCUT2D eigenvalue weighted by Gasteiger charge is 2.08. The van der Waals surface area contributed by atoms with Gasteiger partial charge in [0, 0.05) is 0 Å². The minimum Gasteiger partial charge on any atom is -0.423 e. The zero-order chi connectivity index (χ0) is 13.1. The summed E-state index contributed by atoms with van der Waals surface area (Å²) in [5.74, 6) is 0.266. The molecule has 0 bridgehead atoms.